The van der Waals surface area contributed by atoms with Crippen LogP contribution in [0, 0.1) is 6.92 Å². The van der Waals surface area contributed by atoms with Gasteiger partial charge in [-0.15, -0.1) is 0 Å². The fourth-order valence-corrected chi connectivity index (χ4v) is 3.40. The van der Waals surface area contributed by atoms with Crippen molar-refractivity contribution in [3.8, 4) is 0 Å². The third-order valence-electron chi connectivity index (χ3n) is 3.35. The first-order chi connectivity index (χ1) is 9.54. The van der Waals surface area contributed by atoms with E-state index in [1.807, 2.05) is 17.9 Å². The van der Waals surface area contributed by atoms with Crippen molar-refractivity contribution in [1.29, 1.82) is 0 Å². The third kappa shape index (κ3) is 3.32. The minimum Gasteiger partial charge on any atom is -0.305 e. The fraction of sp³-hybridized carbons (Fsp3) is 0.400. The maximum atomic E-state index is 4.34. The highest BCUT2D eigenvalue weighted by molar-refractivity contribution is 9.10. The van der Waals surface area contributed by atoms with E-state index >= 15 is 0 Å². The summed E-state index contributed by atoms with van der Waals surface area (Å²) in [6.45, 7) is 5.29. The van der Waals surface area contributed by atoms with Crippen molar-refractivity contribution in [2.24, 2.45) is 7.05 Å². The van der Waals surface area contributed by atoms with Gasteiger partial charge in [0.25, 0.3) is 0 Å². The molecule has 1 aromatic carbocycles. The quantitative estimate of drug-likeness (QED) is 0.808. The van der Waals surface area contributed by atoms with Crippen LogP contribution in [0.1, 0.15) is 36.2 Å². The Bertz CT molecular complexity index is 573. The highest BCUT2D eigenvalue weighted by Gasteiger charge is 2.21. The molecule has 0 amide bonds. The van der Waals surface area contributed by atoms with Gasteiger partial charge in [0, 0.05) is 11.5 Å². The first kappa shape index (κ1) is 15.7. The predicted molar refractivity (Wildman–Crippen MR) is 89.9 cm³/mol. The Morgan fingerprint density at radius 3 is 2.65 bits per heavy atom. The first-order valence-corrected chi connectivity index (χ1v) is 8.30. The second-order valence-electron chi connectivity index (χ2n) is 4.89. The number of nitrogens with zero attached hydrogens (tertiary/aromatic N) is 2. The molecule has 0 aliphatic heterocycles. The van der Waals surface area contributed by atoms with Gasteiger partial charge < -0.3 is 5.32 Å². The van der Waals surface area contributed by atoms with Crippen LogP contribution in [0.2, 0.25) is 0 Å². The van der Waals surface area contributed by atoms with Gasteiger partial charge in [0.1, 0.15) is 0 Å². The summed E-state index contributed by atoms with van der Waals surface area (Å²) in [6.07, 6.45) is 2.95. The van der Waals surface area contributed by atoms with Gasteiger partial charge >= 0.3 is 0 Å². The Hall–Kier alpha value is -0.650. The molecule has 0 saturated heterocycles. The van der Waals surface area contributed by atoms with E-state index in [1.165, 1.54) is 11.1 Å². The average Bonchev–Trinajstić information content (AvgIpc) is 2.72. The van der Waals surface area contributed by atoms with Gasteiger partial charge in [-0.2, -0.15) is 5.10 Å². The molecule has 20 heavy (non-hydrogen) atoms. The molecule has 0 radical (unpaired) electrons. The molecule has 2 rings (SSSR count). The van der Waals surface area contributed by atoms with Crippen LogP contribution in [-0.2, 0) is 7.05 Å². The molecule has 2 aromatic rings. The zero-order chi connectivity index (χ0) is 14.7. The van der Waals surface area contributed by atoms with E-state index in [2.05, 4.69) is 74.3 Å². The molecule has 5 heteroatoms. The SMILES string of the molecule is CCCNC(c1ccc(Br)cc1C)c1c(Br)cnn1C. The highest BCUT2D eigenvalue weighted by atomic mass is 79.9. The summed E-state index contributed by atoms with van der Waals surface area (Å²) in [5.74, 6) is 0. The molecule has 1 unspecified atom stereocenters. The fourth-order valence-electron chi connectivity index (χ4n) is 2.35. The second kappa shape index (κ2) is 6.87. The lowest BCUT2D eigenvalue weighted by molar-refractivity contribution is 0.550. The third-order valence-corrected chi connectivity index (χ3v) is 4.46. The van der Waals surface area contributed by atoms with Crippen molar-refractivity contribution < 1.29 is 0 Å². The van der Waals surface area contributed by atoms with E-state index in [4.69, 9.17) is 0 Å². The largest absolute Gasteiger partial charge is 0.305 e. The molecular weight excluding hydrogens is 382 g/mol. The summed E-state index contributed by atoms with van der Waals surface area (Å²) in [4.78, 5) is 0. The maximum absolute atomic E-state index is 4.34. The van der Waals surface area contributed by atoms with Crippen LogP contribution in [0.5, 0.6) is 0 Å². The Kier molecular flexibility index (Phi) is 5.41. The molecule has 0 bridgehead atoms. The molecule has 1 heterocycles. The number of aryl methyl sites for hydroxylation is 2. The Balaban J connectivity index is 2.47. The maximum Gasteiger partial charge on any atom is 0.0762 e. The summed E-state index contributed by atoms with van der Waals surface area (Å²) in [6, 6.07) is 6.56. The van der Waals surface area contributed by atoms with Crippen LogP contribution in [0.4, 0.5) is 0 Å². The van der Waals surface area contributed by atoms with E-state index in [1.54, 1.807) is 0 Å². The summed E-state index contributed by atoms with van der Waals surface area (Å²) in [5, 5.41) is 7.96. The average molecular weight is 401 g/mol. The number of halogens is 2. The number of benzene rings is 1. The molecule has 0 saturated carbocycles. The van der Waals surface area contributed by atoms with Gasteiger partial charge in [-0.1, -0.05) is 28.9 Å². The number of nitrogens with one attached hydrogen (secondary N) is 1. The second-order valence-corrected chi connectivity index (χ2v) is 6.66. The minimum absolute atomic E-state index is 0.143. The van der Waals surface area contributed by atoms with Crippen LogP contribution in [0.3, 0.4) is 0 Å². The molecule has 1 N–H and O–H groups in total. The first-order valence-electron chi connectivity index (χ1n) is 6.71. The van der Waals surface area contributed by atoms with E-state index < -0.39 is 0 Å². The van der Waals surface area contributed by atoms with E-state index in [0.29, 0.717) is 0 Å². The molecular formula is C15H19Br2N3. The predicted octanol–water partition coefficient (Wildman–Crippen LogP) is 4.34. The highest BCUT2D eigenvalue weighted by Crippen LogP contribution is 2.31. The Morgan fingerprint density at radius 1 is 1.35 bits per heavy atom. The van der Waals surface area contributed by atoms with Gasteiger partial charge in [0.05, 0.1) is 22.4 Å². The monoisotopic (exact) mass is 399 g/mol. The molecule has 1 aromatic heterocycles. The van der Waals surface area contributed by atoms with Crippen molar-refractivity contribution in [2.75, 3.05) is 6.54 Å². The Morgan fingerprint density at radius 2 is 2.10 bits per heavy atom. The molecule has 0 fully saturated rings. The van der Waals surface area contributed by atoms with Crippen molar-refractivity contribution in [1.82, 2.24) is 15.1 Å². The summed E-state index contributed by atoms with van der Waals surface area (Å²) >= 11 is 7.14. The molecule has 0 aliphatic rings. The molecule has 3 nitrogen and oxygen atoms in total. The number of rotatable bonds is 5. The van der Waals surface area contributed by atoms with Gasteiger partial charge in [0.15, 0.2) is 0 Å². The van der Waals surface area contributed by atoms with Crippen LogP contribution in [-0.4, -0.2) is 16.3 Å². The van der Waals surface area contributed by atoms with Gasteiger partial charge in [-0.05, 0) is 59.1 Å². The van der Waals surface area contributed by atoms with Crippen LogP contribution in [0.25, 0.3) is 0 Å². The van der Waals surface area contributed by atoms with Crippen molar-refractivity contribution >= 4 is 31.9 Å². The molecule has 0 spiro atoms. The number of hydrogen-bond acceptors (Lipinski definition) is 2. The van der Waals surface area contributed by atoms with Crippen LogP contribution in [0.15, 0.2) is 33.3 Å². The van der Waals surface area contributed by atoms with Gasteiger partial charge in [-0.3, -0.25) is 4.68 Å². The summed E-state index contributed by atoms with van der Waals surface area (Å²) < 4.78 is 4.08. The molecule has 108 valence electrons. The standard InChI is InChI=1S/C15H19Br2N3/c1-4-7-18-14(15-13(17)9-19-20(15)3)12-6-5-11(16)8-10(12)2/h5-6,8-9,14,18H,4,7H2,1-3H3. The lowest BCUT2D eigenvalue weighted by Gasteiger charge is -2.22. The number of hydrogen-bond donors (Lipinski definition) is 1. The number of aromatic nitrogens is 2. The van der Waals surface area contributed by atoms with Crippen LogP contribution >= 0.6 is 31.9 Å². The van der Waals surface area contributed by atoms with Gasteiger partial charge in [0.2, 0.25) is 0 Å². The van der Waals surface area contributed by atoms with Crippen LogP contribution < -0.4 is 5.32 Å². The topological polar surface area (TPSA) is 29.9 Å². The molecule has 1 atom stereocenters. The lowest BCUT2D eigenvalue weighted by atomic mass is 9.98. The summed E-state index contributed by atoms with van der Waals surface area (Å²) in [7, 11) is 1.98. The lowest BCUT2D eigenvalue weighted by Crippen LogP contribution is -2.26. The van der Waals surface area contributed by atoms with E-state index in [0.717, 1.165) is 27.6 Å². The van der Waals surface area contributed by atoms with E-state index in [-0.39, 0.29) is 6.04 Å². The Labute approximate surface area is 137 Å². The normalized spacial score (nSPS) is 12.7. The zero-order valence-electron chi connectivity index (χ0n) is 12.0. The van der Waals surface area contributed by atoms with E-state index in [9.17, 15) is 0 Å². The molecule has 0 aliphatic carbocycles. The van der Waals surface area contributed by atoms with Crippen molar-refractivity contribution in [3.63, 3.8) is 0 Å². The zero-order valence-corrected chi connectivity index (χ0v) is 15.1. The minimum atomic E-state index is 0.143. The van der Waals surface area contributed by atoms with Gasteiger partial charge in [-0.25, -0.2) is 0 Å². The van der Waals surface area contributed by atoms with Crippen molar-refractivity contribution in [3.05, 3.63) is 50.2 Å². The smallest absolute Gasteiger partial charge is 0.0762 e. The van der Waals surface area contributed by atoms with Crippen molar-refractivity contribution in [2.45, 2.75) is 26.3 Å². The summed E-state index contributed by atoms with van der Waals surface area (Å²) in [5.41, 5.74) is 3.70.